The van der Waals surface area contributed by atoms with Crippen molar-refractivity contribution in [3.63, 3.8) is 0 Å². The van der Waals surface area contributed by atoms with Gasteiger partial charge < -0.3 is 14.5 Å². The second-order valence-corrected chi connectivity index (χ2v) is 9.15. The molecule has 2 aliphatic heterocycles. The largest absolute Gasteiger partial charge is 0.372 e. The number of rotatable bonds is 3. The maximum atomic E-state index is 12.9. The van der Waals surface area contributed by atoms with E-state index in [4.69, 9.17) is 9.72 Å². The molecule has 2 saturated heterocycles. The number of fused-ring (bicyclic) bond motifs is 3. The molecule has 2 fully saturated rings. The van der Waals surface area contributed by atoms with E-state index >= 15 is 0 Å². The Kier molecular flexibility index (Phi) is 5.67. The third-order valence-electron chi connectivity index (χ3n) is 6.51. The molecule has 4 heterocycles. The molecule has 1 aliphatic carbocycles. The smallest absolute Gasteiger partial charge is 0.267 e. The highest BCUT2D eigenvalue weighted by Gasteiger charge is 2.28. The number of carbonyl (C=O) groups is 1. The number of ether oxygens (including phenoxy) is 1. The van der Waals surface area contributed by atoms with Gasteiger partial charge in [0.2, 0.25) is 11.9 Å². The summed E-state index contributed by atoms with van der Waals surface area (Å²) in [5.41, 5.74) is 3.19. The maximum Gasteiger partial charge on any atom is 0.267 e. The van der Waals surface area contributed by atoms with Gasteiger partial charge in [0, 0.05) is 44.0 Å². The third kappa shape index (κ3) is 4.13. The highest BCUT2D eigenvalue weighted by Crippen LogP contribution is 2.30. The van der Waals surface area contributed by atoms with Crippen LogP contribution in [0.15, 0.2) is 17.1 Å². The van der Waals surface area contributed by atoms with Gasteiger partial charge in [-0.25, -0.2) is 14.6 Å². The fourth-order valence-electron chi connectivity index (χ4n) is 4.96. The van der Waals surface area contributed by atoms with Gasteiger partial charge >= 0.3 is 0 Å². The van der Waals surface area contributed by atoms with Crippen LogP contribution in [-0.4, -0.2) is 68.9 Å². The average molecular weight is 439 g/mol. The zero-order valence-electron chi connectivity index (χ0n) is 18.8. The molecule has 2 atom stereocenters. The van der Waals surface area contributed by atoms with Gasteiger partial charge in [-0.05, 0) is 51.5 Å². The minimum atomic E-state index is -0.249. The minimum absolute atomic E-state index is 0.0194. The van der Waals surface area contributed by atoms with E-state index in [1.54, 1.807) is 11.0 Å². The van der Waals surface area contributed by atoms with Crippen molar-refractivity contribution in [3.05, 3.63) is 33.9 Å². The normalized spacial score (nSPS) is 22.9. The molecule has 0 spiro atoms. The van der Waals surface area contributed by atoms with Crippen molar-refractivity contribution in [2.75, 3.05) is 31.1 Å². The molecule has 2 aromatic rings. The lowest BCUT2D eigenvalue weighted by molar-refractivity contribution is -0.144. The molecular formula is C23H30N6O3. The van der Waals surface area contributed by atoms with E-state index in [1.807, 2.05) is 20.0 Å². The Morgan fingerprint density at radius 3 is 2.62 bits per heavy atom. The molecular weight excluding hydrogens is 408 g/mol. The van der Waals surface area contributed by atoms with Crippen LogP contribution >= 0.6 is 0 Å². The van der Waals surface area contributed by atoms with E-state index in [-0.39, 0.29) is 30.2 Å². The number of hydrogen-bond acceptors (Lipinski definition) is 7. The highest BCUT2D eigenvalue weighted by molar-refractivity contribution is 5.76. The molecule has 1 amide bonds. The Balaban J connectivity index is 1.40. The Morgan fingerprint density at radius 1 is 1.12 bits per heavy atom. The summed E-state index contributed by atoms with van der Waals surface area (Å²) in [4.78, 5) is 39.0. The molecule has 170 valence electrons. The predicted molar refractivity (Wildman–Crippen MR) is 120 cm³/mol. The molecule has 3 aliphatic rings. The Labute approximate surface area is 187 Å². The van der Waals surface area contributed by atoms with E-state index in [0.29, 0.717) is 25.2 Å². The van der Waals surface area contributed by atoms with Crippen LogP contribution in [0, 0.1) is 0 Å². The summed E-state index contributed by atoms with van der Waals surface area (Å²) in [5.74, 6) is 0.667. The van der Waals surface area contributed by atoms with Crippen molar-refractivity contribution < 1.29 is 9.53 Å². The summed E-state index contributed by atoms with van der Waals surface area (Å²) in [6.07, 6.45) is 6.88. The van der Waals surface area contributed by atoms with Gasteiger partial charge in [-0.15, -0.1) is 0 Å². The molecule has 0 saturated carbocycles. The molecule has 9 heteroatoms. The summed E-state index contributed by atoms with van der Waals surface area (Å²) in [5, 5.41) is 4.60. The number of carbonyl (C=O) groups excluding carboxylic acids is 1. The first-order valence-electron chi connectivity index (χ1n) is 11.6. The molecule has 0 radical (unpaired) electrons. The summed E-state index contributed by atoms with van der Waals surface area (Å²) in [6.45, 7) is 6.87. The first-order valence-corrected chi connectivity index (χ1v) is 11.6. The number of hydrogen-bond donors (Lipinski definition) is 0. The second-order valence-electron chi connectivity index (χ2n) is 9.15. The van der Waals surface area contributed by atoms with E-state index in [1.165, 1.54) is 23.9 Å². The Hall–Kier alpha value is -2.81. The van der Waals surface area contributed by atoms with Crippen LogP contribution in [0.3, 0.4) is 0 Å². The highest BCUT2D eigenvalue weighted by atomic mass is 16.5. The van der Waals surface area contributed by atoms with Crippen LogP contribution < -0.4 is 10.5 Å². The summed E-state index contributed by atoms with van der Waals surface area (Å²) in [6, 6.07) is 1.61. The molecule has 9 nitrogen and oxygen atoms in total. The number of aromatic nitrogens is 4. The van der Waals surface area contributed by atoms with Crippen molar-refractivity contribution >= 4 is 11.9 Å². The molecule has 0 N–H and O–H groups in total. The van der Waals surface area contributed by atoms with Crippen molar-refractivity contribution in [2.45, 2.75) is 64.7 Å². The molecule has 0 aromatic carbocycles. The van der Waals surface area contributed by atoms with Gasteiger partial charge in [0.15, 0.2) is 0 Å². The predicted octanol–water partition coefficient (Wildman–Crippen LogP) is 1.42. The van der Waals surface area contributed by atoms with Gasteiger partial charge in [0.05, 0.1) is 23.6 Å². The lowest BCUT2D eigenvalue weighted by Gasteiger charge is -2.35. The van der Waals surface area contributed by atoms with Crippen LogP contribution in [0.4, 0.5) is 5.95 Å². The van der Waals surface area contributed by atoms with Gasteiger partial charge in [-0.2, -0.15) is 5.10 Å². The van der Waals surface area contributed by atoms with Crippen LogP contribution in [-0.2, 0) is 28.9 Å². The van der Waals surface area contributed by atoms with E-state index in [2.05, 4.69) is 15.0 Å². The fourth-order valence-corrected chi connectivity index (χ4v) is 4.96. The SMILES string of the molecule is C[C@H]1CN(C(=O)Cn2nc3c(cc2=O)CCc2nc(N4CCCCC4)ncc2-3)C[C@H](C)O1. The first kappa shape index (κ1) is 21.1. The number of aryl methyl sites for hydroxylation is 2. The topological polar surface area (TPSA) is 93.5 Å². The number of nitrogens with zero attached hydrogens (tertiary/aromatic N) is 6. The van der Waals surface area contributed by atoms with Gasteiger partial charge in [-0.3, -0.25) is 9.59 Å². The molecule has 32 heavy (non-hydrogen) atoms. The summed E-state index contributed by atoms with van der Waals surface area (Å²) < 4.78 is 6.99. The van der Waals surface area contributed by atoms with E-state index < -0.39 is 0 Å². The zero-order chi connectivity index (χ0) is 22.2. The third-order valence-corrected chi connectivity index (χ3v) is 6.51. The number of amides is 1. The van der Waals surface area contributed by atoms with Gasteiger partial charge in [0.25, 0.3) is 5.56 Å². The summed E-state index contributed by atoms with van der Waals surface area (Å²) >= 11 is 0. The van der Waals surface area contributed by atoms with Gasteiger partial charge in [-0.1, -0.05) is 0 Å². The first-order chi connectivity index (χ1) is 15.5. The van der Waals surface area contributed by atoms with Crippen molar-refractivity contribution in [3.8, 4) is 11.3 Å². The van der Waals surface area contributed by atoms with Crippen molar-refractivity contribution in [1.29, 1.82) is 0 Å². The fraction of sp³-hybridized carbons (Fsp3) is 0.609. The molecule has 5 rings (SSSR count). The maximum absolute atomic E-state index is 12.9. The Bertz CT molecular complexity index is 1070. The quantitative estimate of drug-likeness (QED) is 0.716. The number of anilines is 1. The van der Waals surface area contributed by atoms with Gasteiger partial charge in [0.1, 0.15) is 6.54 Å². The van der Waals surface area contributed by atoms with Crippen LogP contribution in [0.5, 0.6) is 0 Å². The Morgan fingerprint density at radius 2 is 1.88 bits per heavy atom. The molecule has 0 bridgehead atoms. The lowest BCUT2D eigenvalue weighted by Crippen LogP contribution is -2.49. The molecule has 0 unspecified atom stereocenters. The van der Waals surface area contributed by atoms with Crippen molar-refractivity contribution in [2.24, 2.45) is 0 Å². The van der Waals surface area contributed by atoms with Crippen molar-refractivity contribution in [1.82, 2.24) is 24.6 Å². The monoisotopic (exact) mass is 438 g/mol. The van der Waals surface area contributed by atoms with E-state index in [0.717, 1.165) is 42.3 Å². The van der Waals surface area contributed by atoms with Crippen LogP contribution in [0.2, 0.25) is 0 Å². The standard InChI is InChI=1S/C23H30N6O3/c1-15-12-28(13-16(2)32-15)21(31)14-29-20(30)10-17-6-7-19-18(22(17)26-29)11-24-23(25-19)27-8-4-3-5-9-27/h10-11,15-16H,3-9,12-14H2,1-2H3/t15-,16-/m0/s1. The lowest BCUT2D eigenvalue weighted by atomic mass is 9.94. The minimum Gasteiger partial charge on any atom is -0.372 e. The number of morpholine rings is 1. The van der Waals surface area contributed by atoms with E-state index in [9.17, 15) is 9.59 Å². The second kappa shape index (κ2) is 8.61. The van der Waals surface area contributed by atoms with Crippen LogP contribution in [0.25, 0.3) is 11.3 Å². The number of piperidine rings is 1. The van der Waals surface area contributed by atoms with Crippen LogP contribution in [0.1, 0.15) is 44.4 Å². The zero-order valence-corrected chi connectivity index (χ0v) is 18.8. The molecule has 2 aromatic heterocycles. The summed E-state index contributed by atoms with van der Waals surface area (Å²) in [7, 11) is 0. The average Bonchev–Trinajstić information content (AvgIpc) is 2.79.